The maximum absolute atomic E-state index is 13.0. The highest BCUT2D eigenvalue weighted by Crippen LogP contribution is 2.40. The van der Waals surface area contributed by atoms with E-state index in [0.717, 1.165) is 6.54 Å². The van der Waals surface area contributed by atoms with Crippen molar-refractivity contribution in [2.24, 2.45) is 0 Å². The van der Waals surface area contributed by atoms with Crippen LogP contribution in [0.1, 0.15) is 23.6 Å². The van der Waals surface area contributed by atoms with Crippen LogP contribution in [0.2, 0.25) is 5.02 Å². The van der Waals surface area contributed by atoms with E-state index < -0.39 is 17.7 Å². The van der Waals surface area contributed by atoms with Gasteiger partial charge in [-0.1, -0.05) is 23.7 Å². The number of aliphatic hydroxyl groups is 1. The van der Waals surface area contributed by atoms with Crippen LogP contribution in [0, 0.1) is 0 Å². The van der Waals surface area contributed by atoms with E-state index in [1.54, 1.807) is 49.6 Å². The van der Waals surface area contributed by atoms with Gasteiger partial charge in [0.25, 0.3) is 11.7 Å². The largest absolute Gasteiger partial charge is 0.507 e. The van der Waals surface area contributed by atoms with E-state index in [4.69, 9.17) is 16.3 Å². The highest BCUT2D eigenvalue weighted by Gasteiger charge is 2.45. The fraction of sp³-hybridized carbons (Fsp3) is 0.304. The van der Waals surface area contributed by atoms with Gasteiger partial charge in [0.05, 0.1) is 18.7 Å². The van der Waals surface area contributed by atoms with Crippen molar-refractivity contribution in [3.05, 3.63) is 70.3 Å². The Labute approximate surface area is 181 Å². The molecule has 1 aliphatic rings. The normalized spacial score (nSPS) is 18.3. The molecule has 1 saturated heterocycles. The summed E-state index contributed by atoms with van der Waals surface area (Å²) in [6.07, 6.45) is 0.696. The molecule has 30 heavy (non-hydrogen) atoms. The van der Waals surface area contributed by atoms with E-state index in [2.05, 4.69) is 0 Å². The number of rotatable bonds is 7. The molecule has 1 atom stereocenters. The lowest BCUT2D eigenvalue weighted by atomic mass is 9.95. The van der Waals surface area contributed by atoms with E-state index in [1.807, 2.05) is 25.1 Å². The van der Waals surface area contributed by atoms with Crippen LogP contribution in [0.25, 0.3) is 5.76 Å². The molecule has 158 valence electrons. The third kappa shape index (κ3) is 4.50. The van der Waals surface area contributed by atoms with Crippen LogP contribution in [0.4, 0.5) is 0 Å². The lowest BCUT2D eigenvalue weighted by Gasteiger charge is -2.26. The number of nitrogens with zero attached hydrogens (tertiary/aromatic N) is 2. The van der Waals surface area contributed by atoms with Crippen LogP contribution in [0.3, 0.4) is 0 Å². The molecule has 2 aromatic rings. The van der Waals surface area contributed by atoms with E-state index in [0.29, 0.717) is 34.9 Å². The van der Waals surface area contributed by atoms with Crippen molar-refractivity contribution in [3.8, 4) is 5.75 Å². The van der Waals surface area contributed by atoms with Gasteiger partial charge >= 0.3 is 0 Å². The summed E-state index contributed by atoms with van der Waals surface area (Å²) in [5.41, 5.74) is 1.20. The molecule has 6 nitrogen and oxygen atoms in total. The first kappa shape index (κ1) is 21.9. The SMILES string of the molecule is COc1cccc(C2/C(=C(\O)c3ccc(Cl)cc3)C(=O)C(=O)N2CCCN(C)C)c1. The summed E-state index contributed by atoms with van der Waals surface area (Å²) in [4.78, 5) is 29.4. The number of ketones is 1. The summed E-state index contributed by atoms with van der Waals surface area (Å²) in [6, 6.07) is 13.0. The minimum absolute atomic E-state index is 0.0698. The summed E-state index contributed by atoms with van der Waals surface area (Å²) in [5, 5.41) is 11.5. The van der Waals surface area contributed by atoms with Gasteiger partial charge in [-0.05, 0) is 69.0 Å². The van der Waals surface area contributed by atoms with Gasteiger partial charge in [-0.25, -0.2) is 0 Å². The van der Waals surface area contributed by atoms with Crippen molar-refractivity contribution in [3.63, 3.8) is 0 Å². The molecule has 0 spiro atoms. The van der Waals surface area contributed by atoms with Crippen molar-refractivity contribution >= 4 is 29.1 Å². The van der Waals surface area contributed by atoms with Crippen molar-refractivity contribution in [2.45, 2.75) is 12.5 Å². The number of halogens is 1. The number of benzene rings is 2. The zero-order chi connectivity index (χ0) is 21.8. The Balaban J connectivity index is 2.10. The first-order valence-electron chi connectivity index (χ1n) is 9.66. The number of Topliss-reactive ketones (excluding diaryl/α,β-unsaturated/α-hetero) is 1. The summed E-state index contributed by atoms with van der Waals surface area (Å²) >= 11 is 5.95. The monoisotopic (exact) mass is 428 g/mol. The number of aliphatic hydroxyl groups excluding tert-OH is 1. The summed E-state index contributed by atoms with van der Waals surface area (Å²) in [6.45, 7) is 1.16. The predicted octanol–water partition coefficient (Wildman–Crippen LogP) is 3.72. The molecule has 0 saturated carbocycles. The minimum Gasteiger partial charge on any atom is -0.507 e. The van der Waals surface area contributed by atoms with Gasteiger partial charge in [-0.15, -0.1) is 0 Å². The molecular weight excluding hydrogens is 404 g/mol. The third-order valence-corrected chi connectivity index (χ3v) is 5.32. The topological polar surface area (TPSA) is 70.1 Å². The first-order chi connectivity index (χ1) is 14.3. The van der Waals surface area contributed by atoms with E-state index in [-0.39, 0.29) is 11.3 Å². The lowest BCUT2D eigenvalue weighted by molar-refractivity contribution is -0.139. The summed E-state index contributed by atoms with van der Waals surface area (Å²) in [7, 11) is 5.46. The number of amides is 1. The lowest BCUT2D eigenvalue weighted by Crippen LogP contribution is -2.32. The highest BCUT2D eigenvalue weighted by molar-refractivity contribution is 6.46. The number of hydrogen-bond donors (Lipinski definition) is 1. The Kier molecular flexibility index (Phi) is 6.80. The Bertz CT molecular complexity index is 969. The second-order valence-electron chi connectivity index (χ2n) is 7.43. The predicted molar refractivity (Wildman–Crippen MR) is 117 cm³/mol. The second kappa shape index (κ2) is 9.32. The van der Waals surface area contributed by atoms with Crippen molar-refractivity contribution in [2.75, 3.05) is 34.3 Å². The molecular formula is C23H25ClN2O4. The highest BCUT2D eigenvalue weighted by atomic mass is 35.5. The molecule has 7 heteroatoms. The molecule has 1 fully saturated rings. The van der Waals surface area contributed by atoms with Gasteiger partial charge in [0.15, 0.2) is 0 Å². The third-order valence-electron chi connectivity index (χ3n) is 5.07. The Hall–Kier alpha value is -2.83. The van der Waals surface area contributed by atoms with Crippen molar-refractivity contribution in [1.82, 2.24) is 9.80 Å². The van der Waals surface area contributed by atoms with Crippen LogP contribution in [0.15, 0.2) is 54.1 Å². The smallest absolute Gasteiger partial charge is 0.295 e. The molecule has 0 bridgehead atoms. The van der Waals surface area contributed by atoms with Crippen LogP contribution in [-0.2, 0) is 9.59 Å². The van der Waals surface area contributed by atoms with Gasteiger partial charge in [-0.3, -0.25) is 9.59 Å². The average molecular weight is 429 g/mol. The zero-order valence-electron chi connectivity index (χ0n) is 17.3. The van der Waals surface area contributed by atoms with Crippen LogP contribution in [0.5, 0.6) is 5.75 Å². The molecule has 0 aromatic heterocycles. The van der Waals surface area contributed by atoms with Crippen LogP contribution < -0.4 is 4.74 Å². The van der Waals surface area contributed by atoms with Crippen molar-refractivity contribution < 1.29 is 19.4 Å². The van der Waals surface area contributed by atoms with Gasteiger partial charge < -0.3 is 19.6 Å². The zero-order valence-corrected chi connectivity index (χ0v) is 18.0. The fourth-order valence-electron chi connectivity index (χ4n) is 3.59. The number of carbonyl (C=O) groups excluding carboxylic acids is 2. The first-order valence-corrected chi connectivity index (χ1v) is 10.0. The molecule has 1 N–H and O–H groups in total. The second-order valence-corrected chi connectivity index (χ2v) is 7.87. The quantitative estimate of drug-likeness (QED) is 0.413. The molecule has 1 aliphatic heterocycles. The van der Waals surface area contributed by atoms with E-state index >= 15 is 0 Å². The summed E-state index contributed by atoms with van der Waals surface area (Å²) in [5.74, 6) is -0.914. The fourth-order valence-corrected chi connectivity index (χ4v) is 3.72. The number of hydrogen-bond acceptors (Lipinski definition) is 5. The van der Waals surface area contributed by atoms with Gasteiger partial charge in [0, 0.05) is 17.1 Å². The number of likely N-dealkylation sites (tertiary alicyclic amines) is 1. The molecule has 1 amide bonds. The molecule has 0 aliphatic carbocycles. The van der Waals surface area contributed by atoms with Gasteiger partial charge in [0.1, 0.15) is 11.5 Å². The summed E-state index contributed by atoms with van der Waals surface area (Å²) < 4.78 is 5.32. The van der Waals surface area contributed by atoms with Gasteiger partial charge in [-0.2, -0.15) is 0 Å². The molecule has 3 rings (SSSR count). The maximum atomic E-state index is 13.0. The molecule has 1 heterocycles. The van der Waals surface area contributed by atoms with Crippen LogP contribution in [-0.4, -0.2) is 60.9 Å². The Morgan fingerprint density at radius 2 is 1.87 bits per heavy atom. The van der Waals surface area contributed by atoms with E-state index in [9.17, 15) is 14.7 Å². The molecule has 2 aromatic carbocycles. The van der Waals surface area contributed by atoms with Crippen LogP contribution >= 0.6 is 11.6 Å². The molecule has 0 radical (unpaired) electrons. The maximum Gasteiger partial charge on any atom is 0.295 e. The minimum atomic E-state index is -0.696. The molecule has 1 unspecified atom stereocenters. The number of methoxy groups -OCH3 is 1. The van der Waals surface area contributed by atoms with E-state index in [1.165, 1.54) is 4.90 Å². The van der Waals surface area contributed by atoms with Crippen molar-refractivity contribution in [1.29, 1.82) is 0 Å². The Morgan fingerprint density at radius 3 is 2.50 bits per heavy atom. The van der Waals surface area contributed by atoms with Gasteiger partial charge in [0.2, 0.25) is 0 Å². The standard InChI is InChI=1S/C23H25ClN2O4/c1-25(2)12-5-13-26-20(16-6-4-7-18(14-16)30-3)19(22(28)23(26)29)21(27)15-8-10-17(24)11-9-15/h4,6-11,14,20,27H,5,12-13H2,1-3H3/b21-19+. The average Bonchev–Trinajstić information content (AvgIpc) is 2.98. The Morgan fingerprint density at radius 1 is 1.17 bits per heavy atom. The number of carbonyl (C=O) groups is 2. The number of ether oxygens (including phenoxy) is 1.